The third-order valence-electron chi connectivity index (χ3n) is 1.75. The van der Waals surface area contributed by atoms with Gasteiger partial charge in [-0.05, 0) is 13.8 Å². The fourth-order valence-corrected chi connectivity index (χ4v) is 1.00. The largest absolute Gasteiger partial charge is 0.358 e. The lowest BCUT2D eigenvalue weighted by molar-refractivity contribution is -0.119. The highest BCUT2D eigenvalue weighted by atomic mass is 19.1. The van der Waals surface area contributed by atoms with Gasteiger partial charge >= 0.3 is 0 Å². The first-order valence-electron chi connectivity index (χ1n) is 4.62. The van der Waals surface area contributed by atoms with Gasteiger partial charge in [0, 0.05) is 6.54 Å². The van der Waals surface area contributed by atoms with Crippen LogP contribution in [0, 0.1) is 12.7 Å². The van der Waals surface area contributed by atoms with Crippen LogP contribution in [0.5, 0.6) is 0 Å². The maximum absolute atomic E-state index is 13.3. The van der Waals surface area contributed by atoms with Gasteiger partial charge in [-0.3, -0.25) is 4.79 Å². The Labute approximate surface area is 87.1 Å². The van der Waals surface area contributed by atoms with Gasteiger partial charge in [-0.15, -0.1) is 0 Å². The standard InChI is InChI=1S/C9H13FN4O/c1-3-11-7(15)4-12-9-8(10)6(2)13-5-14-9/h5H,3-4H2,1-2H3,(H,11,15)(H,12,13,14). The van der Waals surface area contributed by atoms with Crippen LogP contribution in [0.3, 0.4) is 0 Å². The van der Waals surface area contributed by atoms with Gasteiger partial charge in [0.15, 0.2) is 11.6 Å². The van der Waals surface area contributed by atoms with E-state index in [1.165, 1.54) is 13.3 Å². The number of aromatic nitrogens is 2. The van der Waals surface area contributed by atoms with E-state index in [-0.39, 0.29) is 24.0 Å². The van der Waals surface area contributed by atoms with Crippen molar-refractivity contribution in [3.05, 3.63) is 17.8 Å². The van der Waals surface area contributed by atoms with Crippen molar-refractivity contribution in [3.63, 3.8) is 0 Å². The van der Waals surface area contributed by atoms with Gasteiger partial charge in [0.2, 0.25) is 5.91 Å². The average molecular weight is 212 g/mol. The first-order chi connectivity index (χ1) is 7.15. The molecule has 82 valence electrons. The molecule has 2 N–H and O–H groups in total. The highest BCUT2D eigenvalue weighted by Gasteiger charge is 2.08. The van der Waals surface area contributed by atoms with E-state index in [2.05, 4.69) is 20.6 Å². The number of aryl methyl sites for hydroxylation is 1. The van der Waals surface area contributed by atoms with Crippen LogP contribution in [0.15, 0.2) is 6.33 Å². The summed E-state index contributed by atoms with van der Waals surface area (Å²) in [5.41, 5.74) is 0.253. The molecule has 0 aliphatic carbocycles. The third kappa shape index (κ3) is 3.16. The van der Waals surface area contributed by atoms with Crippen LogP contribution >= 0.6 is 0 Å². The predicted molar refractivity (Wildman–Crippen MR) is 53.9 cm³/mol. The molecule has 0 bridgehead atoms. The van der Waals surface area contributed by atoms with Crippen LogP contribution in [0.25, 0.3) is 0 Å². The van der Waals surface area contributed by atoms with Crippen molar-refractivity contribution in [1.82, 2.24) is 15.3 Å². The second kappa shape index (κ2) is 5.23. The molecule has 15 heavy (non-hydrogen) atoms. The molecule has 0 radical (unpaired) electrons. The molecule has 0 saturated carbocycles. The number of anilines is 1. The second-order valence-electron chi connectivity index (χ2n) is 2.93. The Balaban J connectivity index is 2.58. The Morgan fingerprint density at radius 1 is 1.53 bits per heavy atom. The zero-order chi connectivity index (χ0) is 11.3. The summed E-state index contributed by atoms with van der Waals surface area (Å²) >= 11 is 0. The lowest BCUT2D eigenvalue weighted by atomic mass is 10.4. The highest BCUT2D eigenvalue weighted by molar-refractivity contribution is 5.80. The van der Waals surface area contributed by atoms with Crippen LogP contribution in [-0.2, 0) is 4.79 Å². The lowest BCUT2D eigenvalue weighted by Gasteiger charge is -2.06. The molecular formula is C9H13FN4O. The molecule has 1 heterocycles. The molecule has 0 saturated heterocycles. The van der Waals surface area contributed by atoms with Gasteiger partial charge < -0.3 is 10.6 Å². The van der Waals surface area contributed by atoms with Crippen molar-refractivity contribution < 1.29 is 9.18 Å². The van der Waals surface area contributed by atoms with E-state index in [1.807, 2.05) is 6.92 Å². The van der Waals surface area contributed by atoms with Crippen molar-refractivity contribution >= 4 is 11.7 Å². The molecule has 1 rings (SSSR count). The predicted octanol–water partition coefficient (Wildman–Crippen LogP) is 0.472. The smallest absolute Gasteiger partial charge is 0.239 e. The van der Waals surface area contributed by atoms with E-state index >= 15 is 0 Å². The maximum atomic E-state index is 13.3. The third-order valence-corrected chi connectivity index (χ3v) is 1.75. The van der Waals surface area contributed by atoms with Crippen molar-refractivity contribution in [2.45, 2.75) is 13.8 Å². The quantitative estimate of drug-likeness (QED) is 0.761. The number of carbonyl (C=O) groups excluding carboxylic acids is 1. The molecule has 0 spiro atoms. The number of likely N-dealkylation sites (N-methyl/N-ethyl adjacent to an activating group) is 1. The summed E-state index contributed by atoms with van der Waals surface area (Å²) in [6.07, 6.45) is 1.25. The zero-order valence-electron chi connectivity index (χ0n) is 8.67. The monoisotopic (exact) mass is 212 g/mol. The van der Waals surface area contributed by atoms with Crippen LogP contribution in [0.4, 0.5) is 10.2 Å². The normalized spacial score (nSPS) is 9.80. The van der Waals surface area contributed by atoms with Gasteiger partial charge in [-0.1, -0.05) is 0 Å². The number of carbonyl (C=O) groups is 1. The summed E-state index contributed by atoms with van der Waals surface area (Å²) in [6.45, 7) is 3.90. The summed E-state index contributed by atoms with van der Waals surface area (Å²) in [7, 11) is 0. The van der Waals surface area contributed by atoms with Crippen LogP contribution in [0.1, 0.15) is 12.6 Å². The molecule has 0 aromatic carbocycles. The van der Waals surface area contributed by atoms with Gasteiger partial charge in [0.25, 0.3) is 0 Å². The Hall–Kier alpha value is -1.72. The molecule has 0 unspecified atom stereocenters. The molecule has 5 nitrogen and oxygen atoms in total. The number of hydrogen-bond acceptors (Lipinski definition) is 4. The Kier molecular flexibility index (Phi) is 3.96. The molecule has 1 amide bonds. The van der Waals surface area contributed by atoms with Crippen molar-refractivity contribution in [1.29, 1.82) is 0 Å². The molecular weight excluding hydrogens is 199 g/mol. The van der Waals surface area contributed by atoms with Crippen LogP contribution in [-0.4, -0.2) is 29.0 Å². The molecule has 0 fully saturated rings. The minimum atomic E-state index is -0.526. The minimum Gasteiger partial charge on any atom is -0.358 e. The fraction of sp³-hybridized carbons (Fsp3) is 0.444. The first-order valence-corrected chi connectivity index (χ1v) is 4.62. The summed E-state index contributed by atoms with van der Waals surface area (Å²) < 4.78 is 13.3. The van der Waals surface area contributed by atoms with Gasteiger partial charge in [0.05, 0.1) is 12.2 Å². The van der Waals surface area contributed by atoms with Crippen molar-refractivity contribution in [2.24, 2.45) is 0 Å². The number of nitrogens with one attached hydrogen (secondary N) is 2. The molecule has 0 aliphatic heterocycles. The Morgan fingerprint density at radius 3 is 2.93 bits per heavy atom. The highest BCUT2D eigenvalue weighted by Crippen LogP contribution is 2.10. The maximum Gasteiger partial charge on any atom is 0.239 e. The minimum absolute atomic E-state index is 0.00120. The fourth-order valence-electron chi connectivity index (χ4n) is 1.00. The van der Waals surface area contributed by atoms with E-state index in [0.29, 0.717) is 6.54 Å². The first kappa shape index (κ1) is 11.4. The zero-order valence-corrected chi connectivity index (χ0v) is 8.67. The van der Waals surface area contributed by atoms with Gasteiger partial charge in [0.1, 0.15) is 6.33 Å². The van der Waals surface area contributed by atoms with E-state index in [9.17, 15) is 9.18 Å². The summed E-state index contributed by atoms with van der Waals surface area (Å²) in [4.78, 5) is 18.4. The number of hydrogen-bond donors (Lipinski definition) is 2. The van der Waals surface area contributed by atoms with Crippen molar-refractivity contribution in [2.75, 3.05) is 18.4 Å². The summed E-state index contributed by atoms with van der Waals surface area (Å²) in [5.74, 6) is -0.677. The average Bonchev–Trinajstić information content (AvgIpc) is 2.21. The molecule has 6 heteroatoms. The number of amides is 1. The van der Waals surface area contributed by atoms with E-state index in [4.69, 9.17) is 0 Å². The number of rotatable bonds is 4. The molecule has 1 aromatic heterocycles. The molecule has 1 aromatic rings. The van der Waals surface area contributed by atoms with E-state index < -0.39 is 5.82 Å². The SMILES string of the molecule is CCNC(=O)CNc1ncnc(C)c1F. The van der Waals surface area contributed by atoms with Crippen LogP contribution in [0.2, 0.25) is 0 Å². The van der Waals surface area contributed by atoms with E-state index in [0.717, 1.165) is 0 Å². The second-order valence-corrected chi connectivity index (χ2v) is 2.93. The topological polar surface area (TPSA) is 66.9 Å². The Morgan fingerprint density at radius 2 is 2.27 bits per heavy atom. The molecule has 0 aliphatic rings. The van der Waals surface area contributed by atoms with Crippen LogP contribution < -0.4 is 10.6 Å². The summed E-state index contributed by atoms with van der Waals surface area (Å²) in [6, 6.07) is 0. The number of nitrogens with zero attached hydrogens (tertiary/aromatic N) is 2. The van der Waals surface area contributed by atoms with Gasteiger partial charge in [-0.25, -0.2) is 14.4 Å². The van der Waals surface area contributed by atoms with Crippen molar-refractivity contribution in [3.8, 4) is 0 Å². The van der Waals surface area contributed by atoms with Gasteiger partial charge in [-0.2, -0.15) is 0 Å². The van der Waals surface area contributed by atoms with E-state index in [1.54, 1.807) is 0 Å². The Bertz CT molecular complexity index is 356. The molecule has 0 atom stereocenters. The lowest BCUT2D eigenvalue weighted by Crippen LogP contribution is -2.29. The number of halogens is 1. The summed E-state index contributed by atoms with van der Waals surface area (Å²) in [5, 5.41) is 5.18.